The third-order valence-electron chi connectivity index (χ3n) is 6.11. The number of tetrazole rings is 1. The van der Waals surface area contributed by atoms with Gasteiger partial charge in [0.25, 0.3) is 5.95 Å². The molecule has 0 aliphatic carbocycles. The van der Waals surface area contributed by atoms with E-state index >= 15 is 0 Å². The maximum atomic E-state index is 13.8. The molecule has 0 saturated carbocycles. The van der Waals surface area contributed by atoms with Gasteiger partial charge in [-0.3, -0.25) is 4.90 Å². The molecule has 49 heavy (non-hydrogen) atoms. The van der Waals surface area contributed by atoms with Gasteiger partial charge in [0.2, 0.25) is 0 Å². The molecule has 2 heterocycles. The summed E-state index contributed by atoms with van der Waals surface area (Å²) in [5.74, 6) is 0.356. The molecule has 3 rings (SSSR count). The lowest BCUT2D eigenvalue weighted by molar-refractivity contribution is -0.138. The van der Waals surface area contributed by atoms with Gasteiger partial charge in [0, 0.05) is 26.1 Å². The maximum Gasteiger partial charge on any atom is 0.416 e. The van der Waals surface area contributed by atoms with Crippen molar-refractivity contribution in [3.05, 3.63) is 65.3 Å². The van der Waals surface area contributed by atoms with Crippen LogP contribution in [-0.2, 0) is 24.4 Å². The summed E-state index contributed by atoms with van der Waals surface area (Å²) in [5.41, 5.74) is 0.0501. The summed E-state index contributed by atoms with van der Waals surface area (Å²) in [7, 11) is 3.41. The highest BCUT2D eigenvalue weighted by atomic mass is 19.4. The molecule has 8 nitrogen and oxygen atoms in total. The second-order valence-corrected chi connectivity index (χ2v) is 11.3. The van der Waals surface area contributed by atoms with Crippen LogP contribution in [0.4, 0.5) is 55.9 Å². The monoisotopic (exact) mass is 716 g/mol. The molecular weight excluding hydrogens is 671 g/mol. The largest absolute Gasteiger partial charge is 0.446 e. The minimum absolute atomic E-state index is 0.177. The van der Waals surface area contributed by atoms with E-state index in [0.29, 0.717) is 29.9 Å². The molecule has 0 radical (unpaired) electrons. The van der Waals surface area contributed by atoms with Crippen LogP contribution >= 0.6 is 0 Å². The molecule has 0 N–H and O–H groups in total. The number of nitrogens with zero attached hydrogens (tertiary/aromatic N) is 6. The van der Waals surface area contributed by atoms with Gasteiger partial charge in [-0.1, -0.05) is 42.4 Å². The summed E-state index contributed by atoms with van der Waals surface area (Å²) in [5, 5.41) is 12.1. The number of allylic oxidation sites excluding steroid dienone is 4. The third-order valence-corrected chi connectivity index (χ3v) is 6.11. The first kappa shape index (κ1) is 45.0. The number of aryl methyl sites for hydroxylation is 2. The smallest absolute Gasteiger partial charge is 0.416 e. The minimum Gasteiger partial charge on any atom is -0.446 e. The van der Waals surface area contributed by atoms with E-state index in [2.05, 4.69) is 28.6 Å². The van der Waals surface area contributed by atoms with Crippen molar-refractivity contribution >= 4 is 17.7 Å². The van der Waals surface area contributed by atoms with Gasteiger partial charge in [-0.15, -0.1) is 11.7 Å². The Morgan fingerprint density at radius 1 is 1.12 bits per heavy atom. The Hall–Kier alpha value is -4.05. The van der Waals surface area contributed by atoms with Gasteiger partial charge >= 0.3 is 24.6 Å². The van der Waals surface area contributed by atoms with Gasteiger partial charge in [0.15, 0.2) is 0 Å². The molecule has 1 atom stereocenters. The highest BCUT2D eigenvalue weighted by Gasteiger charge is 2.38. The van der Waals surface area contributed by atoms with E-state index in [-0.39, 0.29) is 37.2 Å². The highest BCUT2D eigenvalue weighted by molar-refractivity contribution is 5.89. The Morgan fingerprint density at radius 3 is 2.02 bits per heavy atom. The number of carbonyl (C=O) groups is 1. The van der Waals surface area contributed by atoms with Crippen molar-refractivity contribution in [3.63, 3.8) is 0 Å². The van der Waals surface area contributed by atoms with Crippen LogP contribution in [-0.4, -0.2) is 58.3 Å². The van der Waals surface area contributed by atoms with E-state index in [0.717, 1.165) is 12.1 Å². The fourth-order valence-electron chi connectivity index (χ4n) is 4.27. The summed E-state index contributed by atoms with van der Waals surface area (Å²) >= 11 is 0. The van der Waals surface area contributed by atoms with Crippen LogP contribution in [0.25, 0.3) is 0 Å². The number of hydrogen-bond donors (Lipinski definition) is 0. The van der Waals surface area contributed by atoms with Crippen molar-refractivity contribution < 1.29 is 49.0 Å². The Kier molecular flexibility index (Phi) is 17.6. The van der Waals surface area contributed by atoms with E-state index in [1.807, 2.05) is 6.92 Å². The quantitative estimate of drug-likeness (QED) is 0.174. The fourth-order valence-corrected chi connectivity index (χ4v) is 4.27. The fraction of sp³-hybridized carbons (Fsp3) is 0.562. The van der Waals surface area contributed by atoms with Crippen molar-refractivity contribution in [1.82, 2.24) is 20.2 Å². The number of hydrogen-bond acceptors (Lipinski definition) is 6. The van der Waals surface area contributed by atoms with Crippen LogP contribution in [0.5, 0.6) is 0 Å². The zero-order valence-electron chi connectivity index (χ0n) is 29.1. The van der Waals surface area contributed by atoms with Gasteiger partial charge in [-0.05, 0) is 76.3 Å². The number of benzene rings is 1. The second-order valence-electron chi connectivity index (χ2n) is 11.3. The first-order chi connectivity index (χ1) is 22.3. The lowest BCUT2D eigenvalue weighted by Gasteiger charge is -2.30. The van der Waals surface area contributed by atoms with Gasteiger partial charge in [0.05, 0.1) is 30.4 Å². The molecule has 278 valence electrons. The normalized spacial score (nSPS) is 14.3. The Labute approximate surface area is 281 Å². The van der Waals surface area contributed by atoms with Crippen molar-refractivity contribution in [2.24, 2.45) is 7.05 Å². The lowest BCUT2D eigenvalue weighted by Crippen LogP contribution is -2.34. The molecule has 0 bridgehead atoms. The number of anilines is 2. The lowest BCUT2D eigenvalue weighted by atomic mass is 9.93. The van der Waals surface area contributed by atoms with E-state index in [9.17, 15) is 44.3 Å². The van der Waals surface area contributed by atoms with Gasteiger partial charge in [-0.2, -0.15) is 44.3 Å². The SMILES string of the molecule is C=C(C=C(C)C)C(F)(F)F.C=CC.CC(F)(F)F.CCc1cc2c(cc1C(F)(F)F)N(C(=O)OC(C)C)CCCC2N(C)c1nnn(C)n1. The summed E-state index contributed by atoms with van der Waals surface area (Å²) in [6.07, 6.45) is -9.72. The van der Waals surface area contributed by atoms with Crippen molar-refractivity contribution in [2.75, 3.05) is 23.4 Å². The molecule has 0 fully saturated rings. The molecule has 17 heteroatoms. The standard InChI is InChI=1S/C20H27F3N6O2.C7H9F3.C3H6.C2H3F3/c1-6-13-10-14-16(27(4)18-24-26-28(5)25-18)8-7-9-29(19(30)31-12(2)3)17(14)11-15(13)20(21,22)23;1-5(2)4-6(3)7(8,9)10;1-3-2;1-2(3,4)5/h10-12,16H,6-9H2,1-5H3;4H,3H2,1-2H3;3H,1H2,2H3;1H3. The summed E-state index contributed by atoms with van der Waals surface area (Å²) < 4.78 is 113. The number of carbonyl (C=O) groups excluding carboxylic acids is 1. The molecule has 1 unspecified atom stereocenters. The van der Waals surface area contributed by atoms with Crippen molar-refractivity contribution in [2.45, 2.75) is 98.4 Å². The third kappa shape index (κ3) is 16.3. The summed E-state index contributed by atoms with van der Waals surface area (Å²) in [6.45, 7) is 16.8. The number of halogens is 9. The predicted octanol–water partition coefficient (Wildman–Crippen LogP) is 9.95. The molecule has 1 aliphatic heterocycles. The Morgan fingerprint density at radius 2 is 1.65 bits per heavy atom. The number of alkyl halides is 9. The van der Waals surface area contributed by atoms with Crippen molar-refractivity contribution in [1.29, 1.82) is 0 Å². The average Bonchev–Trinajstić information content (AvgIpc) is 3.27. The molecule has 0 spiro atoms. The number of ether oxygens (including phenoxy) is 1. The number of aromatic nitrogens is 4. The Bertz CT molecular complexity index is 1390. The topological polar surface area (TPSA) is 76.4 Å². The predicted molar refractivity (Wildman–Crippen MR) is 171 cm³/mol. The molecule has 1 aliphatic rings. The number of rotatable bonds is 5. The first-order valence-electron chi connectivity index (χ1n) is 15.0. The zero-order chi connectivity index (χ0) is 38.5. The molecule has 1 aromatic carbocycles. The maximum absolute atomic E-state index is 13.8. The van der Waals surface area contributed by atoms with E-state index < -0.39 is 41.9 Å². The molecule has 2 aromatic rings. The summed E-state index contributed by atoms with van der Waals surface area (Å²) in [4.78, 5) is 17.2. The number of fused-ring (bicyclic) bond motifs is 1. The molecule has 1 aromatic heterocycles. The molecular formula is C32H45F9N6O2. The van der Waals surface area contributed by atoms with E-state index in [1.165, 1.54) is 9.70 Å². The first-order valence-corrected chi connectivity index (χ1v) is 15.0. The summed E-state index contributed by atoms with van der Waals surface area (Å²) in [6, 6.07) is 2.30. The van der Waals surface area contributed by atoms with Gasteiger partial charge in [-0.25, -0.2) is 4.79 Å². The number of amides is 1. The van der Waals surface area contributed by atoms with Crippen LogP contribution in [0, 0.1) is 0 Å². The van der Waals surface area contributed by atoms with Crippen LogP contribution in [0.15, 0.2) is 48.6 Å². The van der Waals surface area contributed by atoms with Crippen LogP contribution in [0.1, 0.15) is 84.0 Å². The van der Waals surface area contributed by atoms with E-state index in [1.54, 1.807) is 65.8 Å². The second kappa shape index (κ2) is 19.2. The Balaban J connectivity index is 0.00000106. The minimum atomic E-state index is -4.53. The van der Waals surface area contributed by atoms with Crippen LogP contribution < -0.4 is 9.80 Å². The van der Waals surface area contributed by atoms with E-state index in [4.69, 9.17) is 4.74 Å². The van der Waals surface area contributed by atoms with Gasteiger partial charge in [0.1, 0.15) is 0 Å². The van der Waals surface area contributed by atoms with Gasteiger partial charge < -0.3 is 9.64 Å². The van der Waals surface area contributed by atoms with Crippen LogP contribution in [0.2, 0.25) is 0 Å². The zero-order valence-corrected chi connectivity index (χ0v) is 29.1. The van der Waals surface area contributed by atoms with Crippen molar-refractivity contribution in [3.8, 4) is 0 Å². The average molecular weight is 717 g/mol. The highest BCUT2D eigenvalue weighted by Crippen LogP contribution is 2.43. The van der Waals surface area contributed by atoms with Crippen LogP contribution in [0.3, 0.4) is 0 Å². The molecule has 0 saturated heterocycles. The molecule has 1 amide bonds.